The van der Waals surface area contributed by atoms with Crippen molar-refractivity contribution in [1.29, 1.82) is 0 Å². The maximum absolute atomic E-state index is 11.5. The summed E-state index contributed by atoms with van der Waals surface area (Å²) in [5, 5.41) is 3.32. The van der Waals surface area contributed by atoms with Gasteiger partial charge in [-0.15, -0.1) is 0 Å². The highest BCUT2D eigenvalue weighted by molar-refractivity contribution is 5.89. The number of carbonyl (C=O) groups excluding carboxylic acids is 1. The van der Waals surface area contributed by atoms with E-state index in [1.807, 2.05) is 18.2 Å². The van der Waals surface area contributed by atoms with E-state index in [0.29, 0.717) is 5.56 Å². The van der Waals surface area contributed by atoms with E-state index in [0.717, 1.165) is 38.3 Å². The van der Waals surface area contributed by atoms with Gasteiger partial charge in [-0.1, -0.05) is 12.1 Å². The van der Waals surface area contributed by atoms with E-state index < -0.39 is 0 Å². The molecular formula is C15H22N2O3. The maximum Gasteiger partial charge on any atom is 0.337 e. The molecule has 1 fully saturated rings. The lowest BCUT2D eigenvalue weighted by atomic mass is 10.1. The third-order valence-electron chi connectivity index (χ3n) is 3.32. The fourth-order valence-electron chi connectivity index (χ4n) is 2.38. The summed E-state index contributed by atoms with van der Waals surface area (Å²) in [5.74, 6) is -0.297. The molecule has 0 aromatic heterocycles. The van der Waals surface area contributed by atoms with Gasteiger partial charge in [0.1, 0.15) is 0 Å². The molecule has 0 spiro atoms. The van der Waals surface area contributed by atoms with Gasteiger partial charge in [-0.3, -0.25) is 4.90 Å². The van der Waals surface area contributed by atoms with E-state index in [4.69, 9.17) is 9.47 Å². The first-order chi connectivity index (χ1) is 9.69. The Balaban J connectivity index is 1.89. The van der Waals surface area contributed by atoms with Gasteiger partial charge in [-0.2, -0.15) is 0 Å². The Morgan fingerprint density at radius 3 is 3.10 bits per heavy atom. The van der Waals surface area contributed by atoms with Crippen molar-refractivity contribution in [2.24, 2.45) is 0 Å². The number of methoxy groups -OCH3 is 1. The lowest BCUT2D eigenvalue weighted by Gasteiger charge is -2.28. The normalized spacial score (nSPS) is 19.1. The number of nitrogens with one attached hydrogen (secondary N) is 1. The summed E-state index contributed by atoms with van der Waals surface area (Å²) in [6.45, 7) is 4.25. The zero-order valence-electron chi connectivity index (χ0n) is 12.1. The minimum Gasteiger partial charge on any atom is -0.465 e. The molecule has 0 bridgehead atoms. The molecule has 20 heavy (non-hydrogen) atoms. The summed E-state index contributed by atoms with van der Waals surface area (Å²) in [4.78, 5) is 13.7. The topological polar surface area (TPSA) is 50.8 Å². The average Bonchev–Trinajstić information content (AvgIpc) is 2.47. The van der Waals surface area contributed by atoms with E-state index in [9.17, 15) is 4.79 Å². The van der Waals surface area contributed by atoms with Crippen LogP contribution in [0.1, 0.15) is 15.9 Å². The van der Waals surface area contributed by atoms with Gasteiger partial charge < -0.3 is 14.8 Å². The molecule has 0 saturated carbocycles. The Kier molecular flexibility index (Phi) is 5.52. The highest BCUT2D eigenvalue weighted by atomic mass is 16.5. The molecule has 0 aliphatic carbocycles. The molecule has 5 nitrogen and oxygen atoms in total. The lowest BCUT2D eigenvalue weighted by Crippen LogP contribution is -2.44. The van der Waals surface area contributed by atoms with Crippen LogP contribution in [0.15, 0.2) is 24.3 Å². The van der Waals surface area contributed by atoms with Crippen LogP contribution >= 0.6 is 0 Å². The fourth-order valence-corrected chi connectivity index (χ4v) is 2.38. The minimum atomic E-state index is -0.297. The number of carbonyl (C=O) groups is 1. The van der Waals surface area contributed by atoms with E-state index in [1.54, 1.807) is 6.07 Å². The number of benzene rings is 1. The van der Waals surface area contributed by atoms with Crippen molar-refractivity contribution in [2.75, 3.05) is 40.4 Å². The number of hydrogen-bond acceptors (Lipinski definition) is 5. The second-order valence-electron chi connectivity index (χ2n) is 5.09. The number of nitrogens with zero attached hydrogens (tertiary/aromatic N) is 1. The van der Waals surface area contributed by atoms with Crippen molar-refractivity contribution in [3.05, 3.63) is 35.4 Å². The lowest BCUT2D eigenvalue weighted by molar-refractivity contribution is 0.00883. The van der Waals surface area contributed by atoms with E-state index in [-0.39, 0.29) is 12.1 Å². The van der Waals surface area contributed by atoms with Crippen LogP contribution in [0, 0.1) is 0 Å². The van der Waals surface area contributed by atoms with E-state index in [2.05, 4.69) is 17.3 Å². The SMILES string of the molecule is COC(=O)c1cccc(CN(C)CC2CNCCO2)c1. The molecule has 0 radical (unpaired) electrons. The minimum absolute atomic E-state index is 0.234. The Morgan fingerprint density at radius 1 is 1.55 bits per heavy atom. The molecule has 1 aromatic carbocycles. The molecule has 1 heterocycles. The second kappa shape index (κ2) is 7.38. The van der Waals surface area contributed by atoms with Crippen molar-refractivity contribution in [2.45, 2.75) is 12.6 Å². The van der Waals surface area contributed by atoms with Crippen LogP contribution in [0.2, 0.25) is 0 Å². The molecule has 1 aliphatic rings. The average molecular weight is 278 g/mol. The molecular weight excluding hydrogens is 256 g/mol. The van der Waals surface area contributed by atoms with Gasteiger partial charge in [-0.05, 0) is 24.7 Å². The molecule has 110 valence electrons. The van der Waals surface area contributed by atoms with Crippen molar-refractivity contribution in [1.82, 2.24) is 10.2 Å². The first-order valence-corrected chi connectivity index (χ1v) is 6.87. The van der Waals surface area contributed by atoms with Gasteiger partial charge >= 0.3 is 5.97 Å². The van der Waals surface area contributed by atoms with Crippen LogP contribution in [0.5, 0.6) is 0 Å². The van der Waals surface area contributed by atoms with Crippen molar-refractivity contribution in [3.63, 3.8) is 0 Å². The summed E-state index contributed by atoms with van der Waals surface area (Å²) in [7, 11) is 3.46. The number of likely N-dealkylation sites (N-methyl/N-ethyl adjacent to an activating group) is 1. The third-order valence-corrected chi connectivity index (χ3v) is 3.32. The highest BCUT2D eigenvalue weighted by Gasteiger charge is 2.15. The summed E-state index contributed by atoms with van der Waals surface area (Å²) >= 11 is 0. The Bertz CT molecular complexity index is 444. The van der Waals surface area contributed by atoms with Gasteiger partial charge in [0.25, 0.3) is 0 Å². The molecule has 1 atom stereocenters. The van der Waals surface area contributed by atoms with Crippen LogP contribution in [-0.2, 0) is 16.0 Å². The molecule has 1 N–H and O–H groups in total. The van der Waals surface area contributed by atoms with Crippen LogP contribution in [0.4, 0.5) is 0 Å². The van der Waals surface area contributed by atoms with Crippen LogP contribution < -0.4 is 5.32 Å². The number of esters is 1. The Morgan fingerprint density at radius 2 is 2.40 bits per heavy atom. The van der Waals surface area contributed by atoms with Crippen molar-refractivity contribution >= 4 is 5.97 Å². The maximum atomic E-state index is 11.5. The summed E-state index contributed by atoms with van der Waals surface area (Å²) in [5.41, 5.74) is 1.69. The number of ether oxygens (including phenoxy) is 2. The highest BCUT2D eigenvalue weighted by Crippen LogP contribution is 2.10. The quantitative estimate of drug-likeness (QED) is 0.811. The first-order valence-electron chi connectivity index (χ1n) is 6.87. The van der Waals surface area contributed by atoms with Crippen LogP contribution in [0.3, 0.4) is 0 Å². The predicted molar refractivity (Wildman–Crippen MR) is 76.7 cm³/mol. The zero-order chi connectivity index (χ0) is 14.4. The molecule has 1 saturated heterocycles. The largest absolute Gasteiger partial charge is 0.465 e. The molecule has 1 aromatic rings. The first kappa shape index (κ1) is 15.0. The third kappa shape index (κ3) is 4.30. The number of rotatable bonds is 5. The van der Waals surface area contributed by atoms with Crippen molar-refractivity contribution < 1.29 is 14.3 Å². The predicted octanol–water partition coefficient (Wildman–Crippen LogP) is 0.893. The van der Waals surface area contributed by atoms with E-state index >= 15 is 0 Å². The van der Waals surface area contributed by atoms with Gasteiger partial charge in [0.2, 0.25) is 0 Å². The summed E-state index contributed by atoms with van der Waals surface area (Å²) < 4.78 is 10.4. The molecule has 5 heteroatoms. The van der Waals surface area contributed by atoms with Crippen LogP contribution in [-0.4, -0.2) is 57.4 Å². The standard InChI is InChI=1S/C15H22N2O3/c1-17(11-14-9-16-6-7-20-14)10-12-4-3-5-13(8-12)15(18)19-2/h3-5,8,14,16H,6-7,9-11H2,1-2H3. The monoisotopic (exact) mass is 278 g/mol. The fraction of sp³-hybridized carbons (Fsp3) is 0.533. The molecule has 1 aliphatic heterocycles. The number of morpholine rings is 1. The zero-order valence-corrected chi connectivity index (χ0v) is 12.1. The summed E-state index contributed by atoms with van der Waals surface area (Å²) in [6, 6.07) is 7.54. The second-order valence-corrected chi connectivity index (χ2v) is 5.09. The smallest absolute Gasteiger partial charge is 0.337 e. The van der Waals surface area contributed by atoms with Gasteiger partial charge in [-0.25, -0.2) is 4.79 Å². The van der Waals surface area contributed by atoms with Crippen molar-refractivity contribution in [3.8, 4) is 0 Å². The van der Waals surface area contributed by atoms with Gasteiger partial charge in [0.15, 0.2) is 0 Å². The Hall–Kier alpha value is -1.43. The number of hydrogen-bond donors (Lipinski definition) is 1. The molecule has 2 rings (SSSR count). The Labute approximate surface area is 119 Å². The van der Waals surface area contributed by atoms with E-state index in [1.165, 1.54) is 7.11 Å². The van der Waals surface area contributed by atoms with Gasteiger partial charge in [0, 0.05) is 26.2 Å². The summed E-state index contributed by atoms with van der Waals surface area (Å²) in [6.07, 6.45) is 0.234. The van der Waals surface area contributed by atoms with Crippen LogP contribution in [0.25, 0.3) is 0 Å². The molecule has 1 unspecified atom stereocenters. The molecule has 0 amide bonds. The van der Waals surface area contributed by atoms with Gasteiger partial charge in [0.05, 0.1) is 25.4 Å².